The van der Waals surface area contributed by atoms with Gasteiger partial charge in [-0.3, -0.25) is 9.97 Å². The fourth-order valence-electron chi connectivity index (χ4n) is 3.29. The minimum atomic E-state index is -0.837. The topological polar surface area (TPSA) is 158 Å². The van der Waals surface area contributed by atoms with Crippen molar-refractivity contribution in [1.82, 2.24) is 20.2 Å². The maximum atomic E-state index is 12.8. The summed E-state index contributed by atoms with van der Waals surface area (Å²) in [5, 5.41) is 29.0. The monoisotopic (exact) mass is 496 g/mol. The van der Waals surface area contributed by atoms with E-state index in [-0.39, 0.29) is 45.5 Å². The van der Waals surface area contributed by atoms with Gasteiger partial charge in [-0.05, 0) is 48.5 Å². The minimum Gasteiger partial charge on any atom is -0.507 e. The van der Waals surface area contributed by atoms with Gasteiger partial charge in [0.1, 0.15) is 5.75 Å². The number of aromatic nitrogens is 4. The van der Waals surface area contributed by atoms with Crippen molar-refractivity contribution in [1.29, 1.82) is 0 Å². The summed E-state index contributed by atoms with van der Waals surface area (Å²) in [6.07, 6.45) is 5.63. The van der Waals surface area contributed by atoms with E-state index in [0.717, 1.165) is 0 Å². The van der Waals surface area contributed by atoms with Gasteiger partial charge in [-0.15, -0.1) is 10.2 Å². The molecule has 0 aliphatic heterocycles. The van der Waals surface area contributed by atoms with E-state index in [1.165, 1.54) is 67.3 Å². The summed E-state index contributed by atoms with van der Waals surface area (Å²) in [6, 6.07) is 14.7. The normalized spacial score (nSPS) is 10.6. The van der Waals surface area contributed by atoms with Crippen LogP contribution in [0.15, 0.2) is 89.9 Å². The standard InChI is InChI=1S/C26H16N4O7/c31-19-4-2-1-3-17(19)23-29-30-24(37-23)18-5-6-20(35-25(33)15-7-11-27-12-8-15)22(21(18)32)36-26(34)16-9-13-28-14-10-16/h1-14,31-32H. The first kappa shape index (κ1) is 23.2. The Morgan fingerprint density at radius 3 is 1.86 bits per heavy atom. The molecule has 37 heavy (non-hydrogen) atoms. The lowest BCUT2D eigenvalue weighted by molar-refractivity contribution is 0.0678. The number of phenols is 2. The van der Waals surface area contributed by atoms with Crippen LogP contribution in [0.2, 0.25) is 0 Å². The van der Waals surface area contributed by atoms with E-state index in [0.29, 0.717) is 0 Å². The first-order valence-corrected chi connectivity index (χ1v) is 10.7. The van der Waals surface area contributed by atoms with E-state index >= 15 is 0 Å². The average molecular weight is 496 g/mol. The zero-order valence-electron chi connectivity index (χ0n) is 18.8. The van der Waals surface area contributed by atoms with Gasteiger partial charge in [0.2, 0.25) is 5.75 Å². The van der Waals surface area contributed by atoms with Crippen molar-refractivity contribution in [2.24, 2.45) is 0 Å². The highest BCUT2D eigenvalue weighted by Gasteiger charge is 2.25. The van der Waals surface area contributed by atoms with Crippen molar-refractivity contribution < 1.29 is 33.7 Å². The number of pyridine rings is 2. The molecule has 3 heterocycles. The second-order valence-corrected chi connectivity index (χ2v) is 7.47. The van der Waals surface area contributed by atoms with Gasteiger partial charge >= 0.3 is 11.9 Å². The fraction of sp³-hybridized carbons (Fsp3) is 0. The first-order valence-electron chi connectivity index (χ1n) is 10.7. The van der Waals surface area contributed by atoms with Crippen LogP contribution in [-0.4, -0.2) is 42.3 Å². The Balaban J connectivity index is 1.54. The SMILES string of the molecule is O=C(Oc1ccc(-c2nnc(-c3ccccc3O)o2)c(O)c1OC(=O)c1ccncc1)c1ccncc1. The van der Waals surface area contributed by atoms with Crippen LogP contribution < -0.4 is 9.47 Å². The summed E-state index contributed by atoms with van der Waals surface area (Å²) >= 11 is 0. The molecule has 0 atom stereocenters. The van der Waals surface area contributed by atoms with E-state index in [4.69, 9.17) is 13.9 Å². The summed E-state index contributed by atoms with van der Waals surface area (Å²) in [4.78, 5) is 33.1. The Bertz CT molecular complexity index is 1590. The Morgan fingerprint density at radius 2 is 1.24 bits per heavy atom. The van der Waals surface area contributed by atoms with Crippen molar-refractivity contribution >= 4 is 11.9 Å². The molecule has 3 aromatic heterocycles. The number of aromatic hydroxyl groups is 2. The maximum Gasteiger partial charge on any atom is 0.343 e. The van der Waals surface area contributed by atoms with E-state index in [1.807, 2.05) is 0 Å². The number of phenolic OH excluding ortho intramolecular Hbond substituents is 2. The number of para-hydroxylation sites is 1. The molecule has 0 spiro atoms. The van der Waals surface area contributed by atoms with Crippen molar-refractivity contribution in [2.45, 2.75) is 0 Å². The smallest absolute Gasteiger partial charge is 0.343 e. The number of carbonyl (C=O) groups is 2. The quantitative estimate of drug-likeness (QED) is 0.258. The van der Waals surface area contributed by atoms with Crippen LogP contribution in [0.4, 0.5) is 0 Å². The number of carbonyl (C=O) groups excluding carboxylic acids is 2. The second-order valence-electron chi connectivity index (χ2n) is 7.47. The largest absolute Gasteiger partial charge is 0.507 e. The average Bonchev–Trinajstić information content (AvgIpc) is 3.41. The van der Waals surface area contributed by atoms with E-state index < -0.39 is 23.4 Å². The summed E-state index contributed by atoms with van der Waals surface area (Å²) in [5.41, 5.74) is 0.614. The Hall–Kier alpha value is -5.58. The van der Waals surface area contributed by atoms with E-state index in [2.05, 4.69) is 20.2 Å². The van der Waals surface area contributed by atoms with Crippen LogP contribution in [0.5, 0.6) is 23.0 Å². The van der Waals surface area contributed by atoms with Crippen molar-refractivity contribution in [3.05, 3.63) is 96.6 Å². The van der Waals surface area contributed by atoms with Crippen molar-refractivity contribution in [3.8, 4) is 45.9 Å². The Kier molecular flexibility index (Phi) is 6.24. The molecule has 182 valence electrons. The molecule has 5 rings (SSSR count). The molecule has 0 bridgehead atoms. The third-order valence-corrected chi connectivity index (χ3v) is 5.11. The summed E-state index contributed by atoms with van der Waals surface area (Å²) in [5.74, 6) is -3.08. The number of nitrogens with zero attached hydrogens (tertiary/aromatic N) is 4. The number of esters is 2. The van der Waals surface area contributed by atoms with Crippen LogP contribution >= 0.6 is 0 Å². The molecule has 11 nitrogen and oxygen atoms in total. The zero-order chi connectivity index (χ0) is 25.8. The van der Waals surface area contributed by atoms with Crippen molar-refractivity contribution in [3.63, 3.8) is 0 Å². The molecule has 0 amide bonds. The first-order chi connectivity index (χ1) is 18.0. The van der Waals surface area contributed by atoms with Gasteiger partial charge < -0.3 is 24.1 Å². The molecular weight excluding hydrogens is 480 g/mol. The molecule has 0 radical (unpaired) electrons. The van der Waals surface area contributed by atoms with Gasteiger partial charge in [-0.25, -0.2) is 9.59 Å². The minimum absolute atomic E-state index is 0.00368. The second kappa shape index (κ2) is 9.96. The van der Waals surface area contributed by atoms with Crippen LogP contribution in [0.1, 0.15) is 20.7 Å². The Labute approximate surface area is 208 Å². The van der Waals surface area contributed by atoms with E-state index in [9.17, 15) is 19.8 Å². The van der Waals surface area contributed by atoms with Gasteiger partial charge in [-0.1, -0.05) is 12.1 Å². The molecular formula is C26H16N4O7. The molecule has 0 saturated heterocycles. The fourth-order valence-corrected chi connectivity index (χ4v) is 3.29. The molecule has 0 saturated carbocycles. The summed E-state index contributed by atoms with van der Waals surface area (Å²) in [7, 11) is 0. The third-order valence-electron chi connectivity index (χ3n) is 5.11. The van der Waals surface area contributed by atoms with Crippen LogP contribution in [-0.2, 0) is 0 Å². The van der Waals surface area contributed by atoms with E-state index in [1.54, 1.807) is 18.2 Å². The number of hydrogen-bond donors (Lipinski definition) is 2. The molecule has 0 unspecified atom stereocenters. The highest BCUT2D eigenvalue weighted by Crippen LogP contribution is 2.44. The van der Waals surface area contributed by atoms with Gasteiger partial charge in [-0.2, -0.15) is 0 Å². The van der Waals surface area contributed by atoms with Crippen LogP contribution in [0.25, 0.3) is 22.9 Å². The molecule has 0 aliphatic carbocycles. The summed E-state index contributed by atoms with van der Waals surface area (Å²) < 4.78 is 16.5. The van der Waals surface area contributed by atoms with Gasteiger partial charge in [0.25, 0.3) is 11.8 Å². The predicted molar refractivity (Wildman–Crippen MR) is 127 cm³/mol. The van der Waals surface area contributed by atoms with Crippen molar-refractivity contribution in [2.75, 3.05) is 0 Å². The Morgan fingerprint density at radius 1 is 0.676 bits per heavy atom. The molecule has 5 aromatic rings. The molecule has 0 fully saturated rings. The molecule has 0 aliphatic rings. The number of benzene rings is 2. The van der Waals surface area contributed by atoms with Gasteiger partial charge in [0, 0.05) is 24.8 Å². The lowest BCUT2D eigenvalue weighted by Gasteiger charge is -2.13. The zero-order valence-corrected chi connectivity index (χ0v) is 18.8. The van der Waals surface area contributed by atoms with Crippen LogP contribution in [0, 0.1) is 0 Å². The lowest BCUT2D eigenvalue weighted by Crippen LogP contribution is -2.13. The third kappa shape index (κ3) is 4.82. The summed E-state index contributed by atoms with van der Waals surface area (Å²) in [6.45, 7) is 0. The maximum absolute atomic E-state index is 12.8. The lowest BCUT2D eigenvalue weighted by atomic mass is 10.1. The van der Waals surface area contributed by atoms with Gasteiger partial charge in [0.05, 0.1) is 22.3 Å². The number of ether oxygens (including phenoxy) is 2. The predicted octanol–water partition coefficient (Wildman–Crippen LogP) is 4.04. The van der Waals surface area contributed by atoms with Gasteiger partial charge in [0.15, 0.2) is 11.5 Å². The molecule has 2 aromatic carbocycles. The highest BCUT2D eigenvalue weighted by molar-refractivity contribution is 5.94. The molecule has 11 heteroatoms. The number of rotatable bonds is 6. The highest BCUT2D eigenvalue weighted by atomic mass is 16.6. The van der Waals surface area contributed by atoms with Crippen LogP contribution in [0.3, 0.4) is 0 Å². The molecule has 2 N–H and O–H groups in total. The number of hydrogen-bond acceptors (Lipinski definition) is 11.